The summed E-state index contributed by atoms with van der Waals surface area (Å²) in [6.45, 7) is -0.512. The largest absolute Gasteiger partial charge is 1.00 e. The molecular weight excluding hydrogens is 190 g/mol. The maximum atomic E-state index is 9.47. The SMILES string of the molecule is O=[N+]([O-])[N-]CC[N-][N+](=O)[O-].[Na+].[Na+]. The second-order valence-electron chi connectivity index (χ2n) is 1.21. The molecule has 58 valence electrons. The minimum absolute atomic E-state index is 0. The fourth-order valence-electron chi connectivity index (χ4n) is 0.253. The Kier molecular flexibility index (Phi) is 17.3. The second-order valence-corrected chi connectivity index (χ2v) is 1.21. The van der Waals surface area contributed by atoms with Crippen LogP contribution >= 0.6 is 0 Å². The van der Waals surface area contributed by atoms with Crippen molar-refractivity contribution in [2.24, 2.45) is 0 Å². The van der Waals surface area contributed by atoms with Crippen LogP contribution in [-0.2, 0) is 0 Å². The van der Waals surface area contributed by atoms with E-state index in [1.807, 2.05) is 0 Å². The molecule has 0 amide bonds. The Bertz CT molecular complexity index is 127. The van der Waals surface area contributed by atoms with Crippen LogP contribution in [-0.4, -0.2) is 23.2 Å². The molecule has 0 fully saturated rings. The van der Waals surface area contributed by atoms with Crippen LogP contribution in [0.25, 0.3) is 10.9 Å². The van der Waals surface area contributed by atoms with Crippen molar-refractivity contribution in [2.75, 3.05) is 13.1 Å². The Balaban J connectivity index is -0.000000405. The number of hydrogen-bond donors (Lipinski definition) is 0. The van der Waals surface area contributed by atoms with Crippen molar-refractivity contribution in [1.29, 1.82) is 0 Å². The van der Waals surface area contributed by atoms with E-state index in [2.05, 4.69) is 10.9 Å². The summed E-state index contributed by atoms with van der Waals surface area (Å²) in [4.78, 5) is 18.9. The van der Waals surface area contributed by atoms with E-state index in [1.54, 1.807) is 0 Å². The zero-order valence-corrected chi connectivity index (χ0v) is 10.8. The van der Waals surface area contributed by atoms with Gasteiger partial charge >= 0.3 is 59.1 Å². The quantitative estimate of drug-likeness (QED) is 0.187. The molecule has 0 aromatic rings. The molecule has 0 atom stereocenters. The normalized spacial score (nSPS) is 7.00. The predicted octanol–water partition coefficient (Wildman–Crippen LogP) is -5.87. The average molecular weight is 194 g/mol. The van der Waals surface area contributed by atoms with Crippen molar-refractivity contribution >= 4 is 0 Å². The Morgan fingerprint density at radius 3 is 1.33 bits per heavy atom. The summed E-state index contributed by atoms with van der Waals surface area (Å²) in [5.74, 6) is 0. The molecule has 10 heteroatoms. The Labute approximate surface area is 112 Å². The number of rotatable bonds is 5. The zero-order chi connectivity index (χ0) is 7.98. The molecule has 0 N–H and O–H groups in total. The van der Waals surface area contributed by atoms with Gasteiger partial charge in [-0.05, 0) is 10.1 Å². The van der Waals surface area contributed by atoms with Gasteiger partial charge in [0.05, 0.1) is 0 Å². The molecule has 0 aromatic carbocycles. The van der Waals surface area contributed by atoms with E-state index in [0.29, 0.717) is 0 Å². The van der Waals surface area contributed by atoms with Gasteiger partial charge in [0.25, 0.3) is 0 Å². The number of hydrogen-bond acceptors (Lipinski definition) is 4. The molecule has 0 aromatic heterocycles. The molecule has 0 unspecified atom stereocenters. The molecule has 0 aliphatic rings. The van der Waals surface area contributed by atoms with E-state index in [1.165, 1.54) is 0 Å². The van der Waals surface area contributed by atoms with Crippen molar-refractivity contribution in [3.8, 4) is 0 Å². The van der Waals surface area contributed by atoms with Crippen LogP contribution in [0.15, 0.2) is 0 Å². The first-order chi connectivity index (χ1) is 4.63. The van der Waals surface area contributed by atoms with Crippen LogP contribution in [0.2, 0.25) is 0 Å². The molecule has 12 heavy (non-hydrogen) atoms. The van der Waals surface area contributed by atoms with Crippen LogP contribution in [0.3, 0.4) is 0 Å². The van der Waals surface area contributed by atoms with E-state index >= 15 is 0 Å². The smallest absolute Gasteiger partial charge is 0.380 e. The molecule has 0 bridgehead atoms. The summed E-state index contributed by atoms with van der Waals surface area (Å²) in [7, 11) is 0. The molecule has 0 aliphatic heterocycles. The molecule has 0 spiro atoms. The van der Waals surface area contributed by atoms with Gasteiger partial charge in [-0.25, -0.2) is 0 Å². The molecule has 0 saturated carbocycles. The van der Waals surface area contributed by atoms with Crippen molar-refractivity contribution < 1.29 is 69.2 Å². The standard InChI is InChI=1S/C2H4N4O4.2Na/c7-5(8)3-1-2-4-6(9)10;;/h1-2H2;;/q-2;2*+1. The van der Waals surface area contributed by atoms with E-state index < -0.39 is 10.1 Å². The summed E-state index contributed by atoms with van der Waals surface area (Å²) >= 11 is 0. The van der Waals surface area contributed by atoms with Gasteiger partial charge in [0.1, 0.15) is 0 Å². The first-order valence-corrected chi connectivity index (χ1v) is 2.26. The fraction of sp³-hybridized carbons (Fsp3) is 1.00. The van der Waals surface area contributed by atoms with E-state index in [-0.39, 0.29) is 72.2 Å². The van der Waals surface area contributed by atoms with Gasteiger partial charge in [-0.15, -0.1) is 0 Å². The van der Waals surface area contributed by atoms with E-state index in [0.717, 1.165) is 0 Å². The van der Waals surface area contributed by atoms with Gasteiger partial charge in [0.15, 0.2) is 0 Å². The third kappa shape index (κ3) is 16.8. The van der Waals surface area contributed by atoms with Crippen molar-refractivity contribution in [3.05, 3.63) is 31.1 Å². The number of nitrogens with zero attached hydrogens (tertiary/aromatic N) is 4. The van der Waals surface area contributed by atoms with Gasteiger partial charge < -0.3 is 10.9 Å². The van der Waals surface area contributed by atoms with Crippen molar-refractivity contribution in [2.45, 2.75) is 0 Å². The van der Waals surface area contributed by atoms with Crippen molar-refractivity contribution in [1.82, 2.24) is 0 Å². The van der Waals surface area contributed by atoms with Gasteiger partial charge in [-0.1, -0.05) is 13.1 Å². The zero-order valence-electron chi connectivity index (χ0n) is 6.84. The Hall–Kier alpha value is 0.400. The second kappa shape index (κ2) is 11.4. The Morgan fingerprint density at radius 1 is 0.917 bits per heavy atom. The topological polar surface area (TPSA) is 114 Å². The molecule has 8 nitrogen and oxygen atoms in total. The minimum Gasteiger partial charge on any atom is -0.380 e. The predicted molar refractivity (Wildman–Crippen MR) is 30.4 cm³/mol. The van der Waals surface area contributed by atoms with Gasteiger partial charge in [-0.2, -0.15) is 0 Å². The molecule has 0 heterocycles. The summed E-state index contributed by atoms with van der Waals surface area (Å²) < 4.78 is 0. The van der Waals surface area contributed by atoms with Crippen LogP contribution in [0.1, 0.15) is 0 Å². The molecule has 0 saturated heterocycles. The molecule has 0 rings (SSSR count). The van der Waals surface area contributed by atoms with Crippen LogP contribution < -0.4 is 59.1 Å². The summed E-state index contributed by atoms with van der Waals surface area (Å²) in [6, 6.07) is 0. The third-order valence-electron chi connectivity index (χ3n) is 0.531. The first kappa shape index (κ1) is 18.2. The summed E-state index contributed by atoms with van der Waals surface area (Å²) in [5.41, 5.74) is 5.44. The third-order valence-corrected chi connectivity index (χ3v) is 0.531. The van der Waals surface area contributed by atoms with Crippen LogP contribution in [0, 0.1) is 20.2 Å². The van der Waals surface area contributed by atoms with Crippen LogP contribution in [0.4, 0.5) is 0 Å². The van der Waals surface area contributed by atoms with E-state index in [9.17, 15) is 20.2 Å². The number of nitro groups is 2. The van der Waals surface area contributed by atoms with Gasteiger partial charge in [-0.3, -0.25) is 20.2 Å². The average Bonchev–Trinajstić information content (AvgIpc) is 1.79. The summed E-state index contributed by atoms with van der Waals surface area (Å²) in [5, 5.41) is 17.1. The molecular formula is C2H4N4Na2O4. The maximum Gasteiger partial charge on any atom is 1.00 e. The van der Waals surface area contributed by atoms with E-state index in [4.69, 9.17) is 0 Å². The Morgan fingerprint density at radius 2 is 1.17 bits per heavy atom. The van der Waals surface area contributed by atoms with Crippen molar-refractivity contribution in [3.63, 3.8) is 0 Å². The van der Waals surface area contributed by atoms with Crippen LogP contribution in [0.5, 0.6) is 0 Å². The summed E-state index contributed by atoms with van der Waals surface area (Å²) in [6.07, 6.45) is 0. The van der Waals surface area contributed by atoms with Gasteiger partial charge in [0, 0.05) is 0 Å². The molecule has 0 aliphatic carbocycles. The first-order valence-electron chi connectivity index (χ1n) is 2.26. The monoisotopic (exact) mass is 194 g/mol. The minimum atomic E-state index is -0.907. The fourth-order valence-corrected chi connectivity index (χ4v) is 0.253. The maximum absolute atomic E-state index is 9.47. The van der Waals surface area contributed by atoms with Gasteiger partial charge in [0.2, 0.25) is 0 Å². The molecule has 0 radical (unpaired) electrons.